The van der Waals surface area contributed by atoms with Crippen LogP contribution in [0.2, 0.25) is 0 Å². The van der Waals surface area contributed by atoms with Gasteiger partial charge >= 0.3 is 5.97 Å². The van der Waals surface area contributed by atoms with E-state index in [1.165, 1.54) is 29.8 Å². The Kier molecular flexibility index (Phi) is 5.14. The zero-order valence-electron chi connectivity index (χ0n) is 11.7. The van der Waals surface area contributed by atoms with Crippen molar-refractivity contribution in [3.05, 3.63) is 41.5 Å². The zero-order chi connectivity index (χ0) is 15.3. The number of sulfonamides is 1. The van der Waals surface area contributed by atoms with E-state index in [-0.39, 0.29) is 11.3 Å². The first kappa shape index (κ1) is 15.7. The van der Waals surface area contributed by atoms with Gasteiger partial charge in [-0.25, -0.2) is 13.1 Å². The summed E-state index contributed by atoms with van der Waals surface area (Å²) >= 11 is 0. The lowest BCUT2D eigenvalue weighted by molar-refractivity contribution is -0.136. The fourth-order valence-corrected chi connectivity index (χ4v) is 3.39. The molecule has 0 amide bonds. The van der Waals surface area contributed by atoms with E-state index in [1.807, 2.05) is 0 Å². The molecule has 21 heavy (non-hydrogen) atoms. The Morgan fingerprint density at radius 1 is 1.24 bits per heavy atom. The first-order valence-corrected chi connectivity index (χ1v) is 8.44. The van der Waals surface area contributed by atoms with Gasteiger partial charge < -0.3 is 5.11 Å². The molecule has 1 aromatic rings. The van der Waals surface area contributed by atoms with Crippen LogP contribution in [-0.2, 0) is 21.2 Å². The molecule has 0 unspecified atom stereocenters. The monoisotopic (exact) mass is 309 g/mol. The van der Waals surface area contributed by atoms with Crippen LogP contribution in [0, 0.1) is 0 Å². The molecule has 0 saturated heterocycles. The smallest absolute Gasteiger partial charge is 0.307 e. The molecule has 0 spiro atoms. The van der Waals surface area contributed by atoms with Gasteiger partial charge in [0.2, 0.25) is 10.0 Å². The number of hydrogen-bond donors (Lipinski definition) is 2. The number of aliphatic carboxylic acids is 1. The lowest BCUT2D eigenvalue weighted by Crippen LogP contribution is -2.25. The minimum Gasteiger partial charge on any atom is -0.481 e. The van der Waals surface area contributed by atoms with Crippen LogP contribution in [0.15, 0.2) is 40.8 Å². The molecule has 1 aromatic carbocycles. The molecule has 114 valence electrons. The summed E-state index contributed by atoms with van der Waals surface area (Å²) in [7, 11) is -3.52. The van der Waals surface area contributed by atoms with Gasteiger partial charge in [-0.1, -0.05) is 23.8 Å². The SMILES string of the molecule is O=C(O)Cc1ccc(S(=O)(=O)NCCC2=CCCC2)cc1. The summed E-state index contributed by atoms with van der Waals surface area (Å²) < 4.78 is 26.8. The predicted octanol–water partition coefficient (Wildman–Crippen LogP) is 2.09. The highest BCUT2D eigenvalue weighted by atomic mass is 32.2. The van der Waals surface area contributed by atoms with Gasteiger partial charge in [0.05, 0.1) is 11.3 Å². The number of benzene rings is 1. The molecule has 1 aliphatic rings. The van der Waals surface area contributed by atoms with Crippen LogP contribution in [0.3, 0.4) is 0 Å². The van der Waals surface area contributed by atoms with Gasteiger partial charge in [-0.05, 0) is 43.4 Å². The fourth-order valence-electron chi connectivity index (χ4n) is 2.35. The van der Waals surface area contributed by atoms with E-state index < -0.39 is 16.0 Å². The number of carboxylic acids is 1. The van der Waals surface area contributed by atoms with Crippen LogP contribution in [0.4, 0.5) is 0 Å². The van der Waals surface area contributed by atoms with Gasteiger partial charge in [0.25, 0.3) is 0 Å². The predicted molar refractivity (Wildman–Crippen MR) is 79.5 cm³/mol. The van der Waals surface area contributed by atoms with Crippen molar-refractivity contribution in [1.29, 1.82) is 0 Å². The summed E-state index contributed by atoms with van der Waals surface area (Å²) in [6, 6.07) is 5.94. The second-order valence-corrected chi connectivity index (χ2v) is 6.88. The lowest BCUT2D eigenvalue weighted by Gasteiger charge is -2.08. The number of allylic oxidation sites excluding steroid dienone is 1. The minimum atomic E-state index is -3.52. The molecule has 0 atom stereocenters. The van der Waals surface area contributed by atoms with E-state index in [0.717, 1.165) is 25.7 Å². The van der Waals surface area contributed by atoms with Crippen molar-refractivity contribution in [2.24, 2.45) is 0 Å². The van der Waals surface area contributed by atoms with Crippen molar-refractivity contribution in [2.75, 3.05) is 6.54 Å². The molecular formula is C15H19NO4S. The van der Waals surface area contributed by atoms with Crippen LogP contribution >= 0.6 is 0 Å². The van der Waals surface area contributed by atoms with Gasteiger partial charge in [-0.15, -0.1) is 0 Å². The highest BCUT2D eigenvalue weighted by molar-refractivity contribution is 7.89. The Morgan fingerprint density at radius 2 is 1.95 bits per heavy atom. The first-order chi connectivity index (χ1) is 9.97. The summed E-state index contributed by atoms with van der Waals surface area (Å²) in [5, 5.41) is 8.68. The quantitative estimate of drug-likeness (QED) is 0.755. The van der Waals surface area contributed by atoms with E-state index in [4.69, 9.17) is 5.11 Å². The molecule has 5 nitrogen and oxygen atoms in total. The highest BCUT2D eigenvalue weighted by Gasteiger charge is 2.14. The maximum Gasteiger partial charge on any atom is 0.307 e. The average Bonchev–Trinajstić information content (AvgIpc) is 2.91. The third-order valence-corrected chi connectivity index (χ3v) is 4.94. The standard InChI is InChI=1S/C15H19NO4S/c17-15(18)11-13-5-7-14(8-6-13)21(19,20)16-10-9-12-3-1-2-4-12/h3,5-8,16H,1-2,4,9-11H2,(H,17,18). The van der Waals surface area contributed by atoms with Crippen molar-refractivity contribution >= 4 is 16.0 Å². The van der Waals surface area contributed by atoms with Crippen molar-refractivity contribution < 1.29 is 18.3 Å². The van der Waals surface area contributed by atoms with Gasteiger partial charge in [-0.2, -0.15) is 0 Å². The second-order valence-electron chi connectivity index (χ2n) is 5.12. The molecule has 0 aromatic heterocycles. The molecule has 0 radical (unpaired) electrons. The van der Waals surface area contributed by atoms with Crippen LogP contribution in [0.25, 0.3) is 0 Å². The van der Waals surface area contributed by atoms with E-state index in [0.29, 0.717) is 12.1 Å². The van der Waals surface area contributed by atoms with Crippen LogP contribution in [0.5, 0.6) is 0 Å². The molecule has 6 heteroatoms. The van der Waals surface area contributed by atoms with Gasteiger partial charge in [0, 0.05) is 6.54 Å². The number of hydrogen-bond acceptors (Lipinski definition) is 3. The van der Waals surface area contributed by atoms with Crippen molar-refractivity contribution in [1.82, 2.24) is 4.72 Å². The Bertz CT molecular complexity index is 632. The molecule has 2 rings (SSSR count). The normalized spacial score (nSPS) is 15.0. The summed E-state index contributed by atoms with van der Waals surface area (Å²) in [5.41, 5.74) is 1.90. The summed E-state index contributed by atoms with van der Waals surface area (Å²) in [4.78, 5) is 10.7. The third-order valence-electron chi connectivity index (χ3n) is 3.46. The molecule has 0 aliphatic heterocycles. The molecule has 2 N–H and O–H groups in total. The average molecular weight is 309 g/mol. The lowest BCUT2D eigenvalue weighted by atomic mass is 10.2. The highest BCUT2D eigenvalue weighted by Crippen LogP contribution is 2.20. The Hall–Kier alpha value is -1.66. The van der Waals surface area contributed by atoms with Crippen LogP contribution in [0.1, 0.15) is 31.2 Å². The summed E-state index contributed by atoms with van der Waals surface area (Å²) in [6.45, 7) is 0.394. The number of carboxylic acid groups (broad SMARTS) is 1. The van der Waals surface area contributed by atoms with Crippen molar-refractivity contribution in [2.45, 2.75) is 37.0 Å². The number of nitrogens with one attached hydrogen (secondary N) is 1. The van der Waals surface area contributed by atoms with E-state index in [1.54, 1.807) is 0 Å². The van der Waals surface area contributed by atoms with Gasteiger partial charge in [-0.3, -0.25) is 4.79 Å². The van der Waals surface area contributed by atoms with E-state index in [2.05, 4.69) is 10.8 Å². The second kappa shape index (κ2) is 6.87. The van der Waals surface area contributed by atoms with Crippen molar-refractivity contribution in [3.63, 3.8) is 0 Å². The fraction of sp³-hybridized carbons (Fsp3) is 0.400. The molecule has 0 saturated carbocycles. The molecule has 0 fully saturated rings. The minimum absolute atomic E-state index is 0.109. The Morgan fingerprint density at radius 3 is 2.52 bits per heavy atom. The van der Waals surface area contributed by atoms with Crippen LogP contribution in [-0.4, -0.2) is 26.0 Å². The van der Waals surface area contributed by atoms with E-state index in [9.17, 15) is 13.2 Å². The zero-order valence-corrected chi connectivity index (χ0v) is 12.5. The molecule has 0 heterocycles. The number of rotatable bonds is 7. The van der Waals surface area contributed by atoms with E-state index >= 15 is 0 Å². The molecule has 1 aliphatic carbocycles. The molecule has 0 bridgehead atoms. The maximum atomic E-state index is 12.1. The molecular weight excluding hydrogens is 290 g/mol. The third kappa shape index (κ3) is 4.68. The van der Waals surface area contributed by atoms with Gasteiger partial charge in [0.15, 0.2) is 0 Å². The number of carbonyl (C=O) groups is 1. The maximum absolute atomic E-state index is 12.1. The van der Waals surface area contributed by atoms with Crippen LogP contribution < -0.4 is 4.72 Å². The van der Waals surface area contributed by atoms with Crippen molar-refractivity contribution in [3.8, 4) is 0 Å². The Balaban J connectivity index is 1.93. The Labute approximate surface area is 124 Å². The topological polar surface area (TPSA) is 83.5 Å². The largest absolute Gasteiger partial charge is 0.481 e. The van der Waals surface area contributed by atoms with Gasteiger partial charge in [0.1, 0.15) is 0 Å². The summed E-state index contributed by atoms with van der Waals surface area (Å²) in [6.07, 6.45) is 6.12. The summed E-state index contributed by atoms with van der Waals surface area (Å²) in [5.74, 6) is -0.937. The first-order valence-electron chi connectivity index (χ1n) is 6.96.